The smallest absolute Gasteiger partial charge is 0.230 e. The SMILES string of the molecule is CN1N(C(O)C(Cl)(Cl)Cl)C1(C)C. The van der Waals surface area contributed by atoms with Gasteiger partial charge in [0.15, 0.2) is 6.23 Å². The molecule has 6 heteroatoms. The summed E-state index contributed by atoms with van der Waals surface area (Å²) in [5.74, 6) is 0. The third kappa shape index (κ3) is 1.67. The number of aliphatic hydroxyl groups is 1. The van der Waals surface area contributed by atoms with E-state index in [0.717, 1.165) is 0 Å². The Morgan fingerprint density at radius 2 is 1.67 bits per heavy atom. The second-order valence-corrected chi connectivity index (χ2v) is 5.65. The fraction of sp³-hybridized carbons (Fsp3) is 1.00. The van der Waals surface area contributed by atoms with Crippen LogP contribution in [0.3, 0.4) is 0 Å². The molecule has 1 fully saturated rings. The van der Waals surface area contributed by atoms with Crippen LogP contribution < -0.4 is 0 Å². The first-order valence-electron chi connectivity index (χ1n) is 3.47. The number of aliphatic hydroxyl groups excluding tert-OH is 1. The van der Waals surface area contributed by atoms with Gasteiger partial charge in [0.05, 0.1) is 5.66 Å². The Bertz CT molecular complexity index is 182. The van der Waals surface area contributed by atoms with Crippen LogP contribution in [0.5, 0.6) is 0 Å². The second-order valence-electron chi connectivity index (χ2n) is 3.28. The van der Waals surface area contributed by atoms with Crippen molar-refractivity contribution in [3.8, 4) is 0 Å². The Labute approximate surface area is 86.8 Å². The van der Waals surface area contributed by atoms with Crippen molar-refractivity contribution in [1.29, 1.82) is 0 Å². The molecule has 1 N–H and O–H groups in total. The predicted molar refractivity (Wildman–Crippen MR) is 50.0 cm³/mol. The van der Waals surface area contributed by atoms with Gasteiger partial charge in [-0.2, -0.15) is 5.01 Å². The number of nitrogens with zero attached hydrogens (tertiary/aromatic N) is 2. The minimum absolute atomic E-state index is 0.233. The summed E-state index contributed by atoms with van der Waals surface area (Å²) < 4.78 is -1.66. The normalized spacial score (nSPS) is 36.2. The van der Waals surface area contributed by atoms with Crippen LogP contribution >= 0.6 is 34.8 Å². The van der Waals surface area contributed by atoms with Gasteiger partial charge < -0.3 is 5.11 Å². The van der Waals surface area contributed by atoms with Crippen LogP contribution in [0.25, 0.3) is 0 Å². The molecular formula is C6H11Cl3N2O. The zero-order valence-corrected chi connectivity index (χ0v) is 9.32. The summed E-state index contributed by atoms with van der Waals surface area (Å²) in [6, 6.07) is 0. The van der Waals surface area contributed by atoms with Crippen LogP contribution in [-0.2, 0) is 0 Å². The lowest BCUT2D eigenvalue weighted by molar-refractivity contribution is 0.0357. The van der Waals surface area contributed by atoms with Gasteiger partial charge in [-0.15, -0.1) is 0 Å². The minimum Gasteiger partial charge on any atom is -0.373 e. The maximum Gasteiger partial charge on any atom is 0.230 e. The van der Waals surface area contributed by atoms with Gasteiger partial charge in [-0.25, -0.2) is 5.01 Å². The highest BCUT2D eigenvalue weighted by Gasteiger charge is 2.58. The summed E-state index contributed by atoms with van der Waals surface area (Å²) >= 11 is 16.6. The average molecular weight is 234 g/mol. The molecule has 0 aromatic heterocycles. The molecular weight excluding hydrogens is 222 g/mol. The van der Waals surface area contributed by atoms with E-state index in [1.807, 2.05) is 20.9 Å². The van der Waals surface area contributed by atoms with Gasteiger partial charge in [-0.3, -0.25) is 0 Å². The van der Waals surface area contributed by atoms with Gasteiger partial charge in [-0.05, 0) is 13.8 Å². The molecule has 12 heavy (non-hydrogen) atoms. The van der Waals surface area contributed by atoms with E-state index in [0.29, 0.717) is 0 Å². The number of hydrazine groups is 1. The van der Waals surface area contributed by atoms with Crippen molar-refractivity contribution in [2.24, 2.45) is 0 Å². The fourth-order valence-corrected chi connectivity index (χ4v) is 1.42. The minimum atomic E-state index is -1.66. The maximum atomic E-state index is 9.52. The molecule has 3 atom stereocenters. The number of halogens is 3. The first-order valence-corrected chi connectivity index (χ1v) is 4.60. The number of hydrogen-bond donors (Lipinski definition) is 1. The molecule has 1 rings (SSSR count). The zero-order chi connectivity index (χ0) is 9.73. The van der Waals surface area contributed by atoms with Crippen LogP contribution in [0.4, 0.5) is 0 Å². The summed E-state index contributed by atoms with van der Waals surface area (Å²) in [6.45, 7) is 3.85. The first kappa shape index (κ1) is 10.8. The molecule has 0 spiro atoms. The Kier molecular flexibility index (Phi) is 2.59. The average Bonchev–Trinajstić information content (AvgIpc) is 2.30. The number of hydrogen-bond acceptors (Lipinski definition) is 3. The molecule has 0 radical (unpaired) electrons. The highest BCUT2D eigenvalue weighted by atomic mass is 35.6. The zero-order valence-electron chi connectivity index (χ0n) is 7.05. The molecule has 1 aliphatic rings. The summed E-state index contributed by atoms with van der Waals surface area (Å²) in [6.07, 6.45) is -1.09. The van der Waals surface area contributed by atoms with Crippen LogP contribution in [0.1, 0.15) is 13.8 Å². The van der Waals surface area contributed by atoms with E-state index in [9.17, 15) is 5.11 Å². The van der Waals surface area contributed by atoms with Crippen molar-refractivity contribution >= 4 is 34.8 Å². The summed E-state index contributed by atoms with van der Waals surface area (Å²) in [4.78, 5) is 0. The van der Waals surface area contributed by atoms with Crippen molar-refractivity contribution in [3.63, 3.8) is 0 Å². The van der Waals surface area contributed by atoms with Gasteiger partial charge in [0.25, 0.3) is 0 Å². The topological polar surface area (TPSA) is 26.2 Å². The molecule has 0 saturated carbocycles. The first-order chi connectivity index (χ1) is 5.19. The van der Waals surface area contributed by atoms with Crippen LogP contribution in [0, 0.1) is 0 Å². The van der Waals surface area contributed by atoms with E-state index < -0.39 is 10.0 Å². The van der Waals surface area contributed by atoms with Gasteiger partial charge in [0, 0.05) is 7.05 Å². The van der Waals surface area contributed by atoms with Crippen molar-refractivity contribution in [2.75, 3.05) is 7.05 Å². The van der Waals surface area contributed by atoms with E-state index in [1.165, 1.54) is 0 Å². The Hall–Kier alpha value is 0.750. The summed E-state index contributed by atoms with van der Waals surface area (Å²) in [7, 11) is 1.82. The van der Waals surface area contributed by atoms with Crippen molar-refractivity contribution in [3.05, 3.63) is 0 Å². The summed E-state index contributed by atoms with van der Waals surface area (Å²) in [5.41, 5.74) is -0.233. The van der Waals surface area contributed by atoms with Crippen LogP contribution in [0.15, 0.2) is 0 Å². The van der Waals surface area contributed by atoms with Gasteiger partial charge >= 0.3 is 0 Å². The third-order valence-electron chi connectivity index (χ3n) is 2.16. The van der Waals surface area contributed by atoms with E-state index >= 15 is 0 Å². The molecule has 1 aliphatic heterocycles. The van der Waals surface area contributed by atoms with E-state index in [2.05, 4.69) is 0 Å². The molecule has 72 valence electrons. The molecule has 1 heterocycles. The van der Waals surface area contributed by atoms with Crippen molar-refractivity contribution in [1.82, 2.24) is 10.0 Å². The quantitative estimate of drug-likeness (QED) is 0.550. The summed E-state index contributed by atoms with van der Waals surface area (Å²) in [5, 5.41) is 12.9. The lowest BCUT2D eigenvalue weighted by Crippen LogP contribution is -2.36. The Morgan fingerprint density at radius 1 is 1.33 bits per heavy atom. The standard InChI is InChI=1S/C6H11Cl3N2O/c1-5(2)10(3)11(5)4(12)6(7,8)9/h4,12H,1-3H3. The third-order valence-corrected chi connectivity index (χ3v) is 2.75. The monoisotopic (exact) mass is 232 g/mol. The number of alkyl halides is 3. The Balaban J connectivity index is 2.64. The lowest BCUT2D eigenvalue weighted by atomic mass is 10.3. The molecule has 0 aromatic rings. The van der Waals surface area contributed by atoms with Gasteiger partial charge in [-0.1, -0.05) is 34.8 Å². The highest BCUT2D eigenvalue weighted by molar-refractivity contribution is 6.68. The second kappa shape index (κ2) is 2.87. The predicted octanol–water partition coefficient (Wildman–Crippen LogP) is 1.57. The van der Waals surface area contributed by atoms with E-state index in [4.69, 9.17) is 34.8 Å². The largest absolute Gasteiger partial charge is 0.373 e. The molecule has 0 amide bonds. The van der Waals surface area contributed by atoms with E-state index in [-0.39, 0.29) is 5.66 Å². The van der Waals surface area contributed by atoms with Crippen molar-refractivity contribution in [2.45, 2.75) is 29.5 Å². The molecule has 0 bridgehead atoms. The maximum absolute atomic E-state index is 9.52. The van der Waals surface area contributed by atoms with Gasteiger partial charge in [0.2, 0.25) is 3.79 Å². The van der Waals surface area contributed by atoms with E-state index in [1.54, 1.807) is 10.0 Å². The molecule has 0 aromatic carbocycles. The lowest BCUT2D eigenvalue weighted by Gasteiger charge is -2.20. The molecule has 1 saturated heterocycles. The Morgan fingerprint density at radius 3 is 1.75 bits per heavy atom. The number of rotatable bonds is 1. The fourth-order valence-electron chi connectivity index (χ4n) is 1.15. The highest BCUT2D eigenvalue weighted by Crippen LogP contribution is 2.44. The van der Waals surface area contributed by atoms with Gasteiger partial charge in [0.1, 0.15) is 0 Å². The van der Waals surface area contributed by atoms with Crippen molar-refractivity contribution < 1.29 is 5.11 Å². The van der Waals surface area contributed by atoms with Crippen LogP contribution in [-0.4, -0.2) is 37.9 Å². The molecule has 0 aliphatic carbocycles. The van der Waals surface area contributed by atoms with Crippen LogP contribution in [0.2, 0.25) is 0 Å². The molecule has 3 unspecified atom stereocenters. The molecule has 3 nitrogen and oxygen atoms in total.